The number of hydrogen-bond donors (Lipinski definition) is 15. The highest BCUT2D eigenvalue weighted by Gasteiger charge is 2.42. The Hall–Kier alpha value is -13.7. The molecule has 14 amide bonds. The Balaban J connectivity index is 1.21. The number of unbranched alkanes of at least 4 members (excludes halogenated alkanes) is 1. The van der Waals surface area contributed by atoms with Crippen molar-refractivity contribution in [3.05, 3.63) is 197 Å². The maximum absolute atomic E-state index is 15.5. The summed E-state index contributed by atoms with van der Waals surface area (Å²) in [6.07, 6.45) is -0.668. The van der Waals surface area contributed by atoms with Gasteiger partial charge in [0, 0.05) is 95.5 Å². The molecule has 0 saturated carbocycles. The Labute approximate surface area is 752 Å². The number of ketones is 1. The minimum atomic E-state index is -1.90. The molecule has 8 rings (SSSR count). The van der Waals surface area contributed by atoms with E-state index in [4.69, 9.17) is 5.73 Å². The number of carbonyl (C=O) groups is 16. The van der Waals surface area contributed by atoms with Gasteiger partial charge in [-0.3, -0.25) is 76.7 Å². The highest BCUT2D eigenvalue weighted by molar-refractivity contribution is 8.00. The number of hydrogen-bond acceptors (Lipinski definition) is 20. The summed E-state index contributed by atoms with van der Waals surface area (Å²) in [5.74, 6) is -18.9. The van der Waals surface area contributed by atoms with E-state index in [0.29, 0.717) is 57.1 Å². The third kappa shape index (κ3) is 31.1. The number of nitrogens with one attached hydrogen (secondary N) is 10. The first-order valence-corrected chi connectivity index (χ1v) is 43.8. The zero-order chi connectivity index (χ0) is 94.3. The summed E-state index contributed by atoms with van der Waals surface area (Å²) in [7, 11) is 5.22. The number of carboxylic acid groups (broad SMARTS) is 1. The van der Waals surface area contributed by atoms with Crippen LogP contribution < -0.4 is 53.6 Å². The van der Waals surface area contributed by atoms with Crippen molar-refractivity contribution in [2.24, 2.45) is 23.5 Å². The molecule has 6 aromatic carbocycles. The van der Waals surface area contributed by atoms with Gasteiger partial charge in [-0.2, -0.15) is 0 Å². The lowest BCUT2D eigenvalue weighted by Gasteiger charge is -2.37. The standard InChI is InChI=1S/C93H117N15O20S/c1-10-11-26-75-92(127)106(7)51-80(115)98-71(47-82(117)118)89(124)104-83(55(4)5)77(112)46-61(40-58-27-33-63(109)34-28-58)84(119)102-72(43-60-31-37-65(111)38-32-60)90(125)105(6)50-79(114)97-70(45-62-48-95-67-25-19-18-24-66(62)67)88(123)101-69(41-59-29-35-64(110)36-30-59)87(122)100-68(39-54(2)3)86(121)103-74(85(120)96-49-78(94)113)52-129-53-81(116)99-73(42-56-20-14-12-15-21-56)91(126)108(9)76(93(128)107(75)8)44-57-22-16-13-17-23-57/h12-25,27-38,48,54-55,61,68-76,83,95,109-111H,10-11,26,39-47,49-53H2,1-9H3,(H2,94,113)(H,96,120)(H,97,114)(H,98,115)(H,99,116)(H,100,122)(H,101,123)(H,102,119)(H,103,121)(H,104,124)(H,117,118)/t61-,68+,69+,70+,71+,72?,73+,74+,75+,76+,83+/m1/s1. The number of para-hydroxylation sites is 1. The number of amides is 14. The number of rotatable bonds is 23. The van der Waals surface area contributed by atoms with E-state index in [9.17, 15) is 63.6 Å². The second-order valence-electron chi connectivity index (χ2n) is 33.1. The number of benzene rings is 6. The van der Waals surface area contributed by atoms with Gasteiger partial charge in [0.2, 0.25) is 82.7 Å². The molecule has 0 radical (unpaired) electrons. The summed E-state index contributed by atoms with van der Waals surface area (Å²) in [5.41, 5.74) is 8.96. The number of aromatic amines is 1. The number of carbonyl (C=O) groups excluding carboxylic acids is 15. The van der Waals surface area contributed by atoms with E-state index < -0.39 is 211 Å². The van der Waals surface area contributed by atoms with Crippen LogP contribution in [-0.4, -0.2) is 259 Å². The van der Waals surface area contributed by atoms with Crippen molar-refractivity contribution >= 4 is 117 Å². The fourth-order valence-corrected chi connectivity index (χ4v) is 15.9. The minimum Gasteiger partial charge on any atom is -0.508 e. The molecular formula is C93H117N15O20S. The van der Waals surface area contributed by atoms with Crippen LogP contribution in [0.5, 0.6) is 17.2 Å². The molecule has 0 aliphatic carbocycles. The van der Waals surface area contributed by atoms with E-state index in [1.807, 2.05) is 6.92 Å². The van der Waals surface area contributed by atoms with Crippen molar-refractivity contribution in [1.29, 1.82) is 0 Å². The number of likely N-dealkylation sites (N-methyl/N-ethyl adjacent to an activating group) is 4. The summed E-state index contributed by atoms with van der Waals surface area (Å²) in [6, 6.07) is 25.8. The lowest BCUT2D eigenvalue weighted by molar-refractivity contribution is -0.151. The fourth-order valence-electron chi connectivity index (χ4n) is 15.0. The van der Waals surface area contributed by atoms with Crippen molar-refractivity contribution in [2.75, 3.05) is 59.3 Å². The molecule has 35 nitrogen and oxygen atoms in total. The largest absolute Gasteiger partial charge is 0.508 e. The Bertz CT molecular complexity index is 5080. The van der Waals surface area contributed by atoms with Gasteiger partial charge in [-0.25, -0.2) is 0 Å². The van der Waals surface area contributed by atoms with Crippen LogP contribution in [0, 0.1) is 17.8 Å². The molecule has 1 saturated heterocycles. The SMILES string of the molecule is CCCC[C@H]1C(=O)N(C)CC(=O)N[C@@H](CC(=O)O)C(=O)N[C@@H](C(C)C)C(=O)C[C@@H](Cc2ccc(O)cc2)C(=O)NC(Cc2ccc(O)cc2)C(=O)N(C)CC(=O)N[C@@H](Cc2c[nH]c3ccccc23)C(=O)N[C@@H](Cc2ccc(O)cc2)C(=O)N[C@@H](CC(C)C)C(=O)N[C@H](C(=O)NCC(N)=O)CSCC(=O)N[C@@H](Cc2ccccc2)C(=O)N(C)[C@@H](Cc2ccccc2)C(=O)N1C. The van der Waals surface area contributed by atoms with Gasteiger partial charge in [0.25, 0.3) is 0 Å². The number of Topliss-reactive ketones (excluding diaryl/α,β-unsaturated/α-hetero) is 1. The first kappa shape index (κ1) is 101. The van der Waals surface area contributed by atoms with Crippen LogP contribution in [0.4, 0.5) is 0 Å². The number of fused-ring (bicyclic) bond motifs is 1. The molecule has 1 aromatic heterocycles. The molecule has 1 fully saturated rings. The van der Waals surface area contributed by atoms with Crippen LogP contribution in [0.25, 0.3) is 10.9 Å². The van der Waals surface area contributed by atoms with Crippen molar-refractivity contribution in [3.63, 3.8) is 0 Å². The predicted octanol–water partition coefficient (Wildman–Crippen LogP) is 2.78. The first-order valence-electron chi connectivity index (χ1n) is 42.6. The second kappa shape index (κ2) is 48.9. The highest BCUT2D eigenvalue weighted by Crippen LogP contribution is 2.26. The fraction of sp³-hybridized carbons (Fsp3) is 0.419. The van der Waals surface area contributed by atoms with Gasteiger partial charge in [-0.05, 0) is 107 Å². The van der Waals surface area contributed by atoms with Gasteiger partial charge in [0.05, 0.1) is 37.8 Å². The van der Waals surface area contributed by atoms with Gasteiger partial charge in [-0.15, -0.1) is 11.8 Å². The van der Waals surface area contributed by atoms with Crippen LogP contribution in [0.1, 0.15) is 107 Å². The Morgan fingerprint density at radius 2 is 0.938 bits per heavy atom. The normalized spacial score (nSPS) is 21.9. The molecule has 0 bridgehead atoms. The van der Waals surface area contributed by atoms with E-state index >= 15 is 33.6 Å². The maximum Gasteiger partial charge on any atom is 0.305 e. The van der Waals surface area contributed by atoms with Gasteiger partial charge in [0.1, 0.15) is 71.6 Å². The number of phenols is 3. The summed E-state index contributed by atoms with van der Waals surface area (Å²) in [6.45, 7) is 6.13. The Morgan fingerprint density at radius 3 is 1.48 bits per heavy atom. The summed E-state index contributed by atoms with van der Waals surface area (Å²) in [4.78, 5) is 242. The molecule has 36 heteroatoms. The summed E-state index contributed by atoms with van der Waals surface area (Å²) < 4.78 is 0. The van der Waals surface area contributed by atoms with Crippen molar-refractivity contribution < 1.29 is 97.1 Å². The molecule has 7 aromatic rings. The average molecular weight is 1800 g/mol. The number of aromatic nitrogens is 1. The Morgan fingerprint density at radius 1 is 0.481 bits per heavy atom. The van der Waals surface area contributed by atoms with Gasteiger partial charge in [0.15, 0.2) is 5.78 Å². The smallest absolute Gasteiger partial charge is 0.305 e. The summed E-state index contributed by atoms with van der Waals surface area (Å²) >= 11 is 0.825. The average Bonchev–Trinajstić information content (AvgIpc) is 1.45. The van der Waals surface area contributed by atoms with Crippen molar-refractivity contribution in [3.8, 4) is 17.2 Å². The molecule has 1 aliphatic heterocycles. The van der Waals surface area contributed by atoms with Gasteiger partial charge in [-0.1, -0.05) is 163 Å². The monoisotopic (exact) mass is 1800 g/mol. The minimum absolute atomic E-state index is 0.0251. The number of phenolic OH excluding ortho intramolecular Hbond substituents is 3. The number of H-pyrrole nitrogens is 1. The van der Waals surface area contributed by atoms with E-state index in [1.165, 1.54) is 101 Å². The highest BCUT2D eigenvalue weighted by atomic mass is 32.2. The van der Waals surface area contributed by atoms with Gasteiger partial charge < -0.3 is 98.6 Å². The molecule has 0 spiro atoms. The van der Waals surface area contributed by atoms with Crippen LogP contribution in [-0.2, 0) is 115 Å². The number of carboxylic acids is 1. The second-order valence-corrected chi connectivity index (χ2v) is 34.2. The van der Waals surface area contributed by atoms with Crippen LogP contribution >= 0.6 is 11.8 Å². The number of nitrogens with zero attached hydrogens (tertiary/aromatic N) is 4. The number of aliphatic carboxylic acids is 1. The number of primary amides is 1. The number of aromatic hydroxyl groups is 3. The van der Waals surface area contributed by atoms with Crippen LogP contribution in [0.15, 0.2) is 164 Å². The Kier molecular flexibility index (Phi) is 38.2. The molecule has 16 N–H and O–H groups in total. The van der Waals surface area contributed by atoms with Crippen LogP contribution in [0.3, 0.4) is 0 Å². The zero-order valence-corrected chi connectivity index (χ0v) is 74.5. The van der Waals surface area contributed by atoms with Crippen LogP contribution in [0.2, 0.25) is 0 Å². The van der Waals surface area contributed by atoms with Crippen molar-refractivity contribution in [1.82, 2.24) is 72.4 Å². The van der Waals surface area contributed by atoms with E-state index in [1.54, 1.807) is 119 Å². The topological polar surface area (TPSA) is 517 Å². The molecule has 690 valence electrons. The lowest BCUT2D eigenvalue weighted by atomic mass is 9.87. The maximum atomic E-state index is 15.5. The third-order valence-electron chi connectivity index (χ3n) is 22.0. The molecule has 11 atom stereocenters. The number of nitrogens with two attached hydrogens (primary N) is 1. The number of thioether (sulfide) groups is 1. The molecule has 1 unspecified atom stereocenters. The lowest BCUT2D eigenvalue weighted by Crippen LogP contribution is -2.60. The molecular weight excluding hydrogens is 1680 g/mol. The summed E-state index contributed by atoms with van der Waals surface area (Å²) in [5, 5.41) is 65.8. The van der Waals surface area contributed by atoms with E-state index in [2.05, 4.69) is 52.8 Å². The quantitative estimate of drug-likeness (QED) is 0.0438. The third-order valence-corrected chi connectivity index (χ3v) is 23.0. The first-order chi connectivity index (χ1) is 61.3. The van der Waals surface area contributed by atoms with Crippen molar-refractivity contribution in [2.45, 2.75) is 172 Å². The van der Waals surface area contributed by atoms with Gasteiger partial charge >= 0.3 is 5.97 Å². The molecule has 1 aliphatic rings. The predicted molar refractivity (Wildman–Crippen MR) is 480 cm³/mol. The van der Waals surface area contributed by atoms with E-state index in [-0.39, 0.29) is 74.5 Å². The van der Waals surface area contributed by atoms with E-state index in [0.717, 1.165) is 31.4 Å². The zero-order valence-electron chi connectivity index (χ0n) is 73.7. The molecule has 129 heavy (non-hydrogen) atoms. The molecule has 2 heterocycles.